The molecule has 0 radical (unpaired) electrons. The van der Waals surface area contributed by atoms with Gasteiger partial charge in [0.25, 0.3) is 0 Å². The fourth-order valence-corrected chi connectivity index (χ4v) is 1.08. The number of carbonyl (C=O) groups excluding carboxylic acids is 1. The zero-order valence-electron chi connectivity index (χ0n) is 6.90. The summed E-state index contributed by atoms with van der Waals surface area (Å²) in [4.78, 5) is 10.5. The second-order valence-electron chi connectivity index (χ2n) is 2.43. The van der Waals surface area contributed by atoms with Gasteiger partial charge in [0.05, 0.1) is 5.69 Å². The number of halogens is 2. The molecule has 1 aromatic rings. The minimum absolute atomic E-state index is 0.235. The molecular weight excluding hydrogens is 239 g/mol. The quantitative estimate of drug-likeness (QED) is 0.785. The van der Waals surface area contributed by atoms with Crippen molar-refractivity contribution in [2.45, 2.75) is 6.92 Å². The number of carbonyl (C=O) groups is 1. The van der Waals surface area contributed by atoms with Crippen LogP contribution in [0.1, 0.15) is 6.92 Å². The number of rotatable bonds is 2. The maximum absolute atomic E-state index is 13.1. The van der Waals surface area contributed by atoms with Crippen molar-refractivity contribution in [3.05, 3.63) is 28.5 Å². The van der Waals surface area contributed by atoms with Gasteiger partial charge in [-0.05, 0) is 18.2 Å². The average molecular weight is 247 g/mol. The van der Waals surface area contributed by atoms with E-state index < -0.39 is 5.82 Å². The molecule has 0 heterocycles. The first-order valence-electron chi connectivity index (χ1n) is 3.57. The van der Waals surface area contributed by atoms with Crippen molar-refractivity contribution >= 4 is 27.5 Å². The molecule has 0 unspecified atom stereocenters. The lowest BCUT2D eigenvalue weighted by Crippen LogP contribution is -2.26. The average Bonchev–Trinajstić information content (AvgIpc) is 2.02. The van der Waals surface area contributed by atoms with Crippen molar-refractivity contribution in [1.82, 2.24) is 5.43 Å². The van der Waals surface area contributed by atoms with Gasteiger partial charge in [-0.2, -0.15) is 0 Å². The van der Waals surface area contributed by atoms with Gasteiger partial charge in [0, 0.05) is 11.4 Å². The third-order valence-electron chi connectivity index (χ3n) is 1.30. The normalized spacial score (nSPS) is 9.46. The third-order valence-corrected chi connectivity index (χ3v) is 1.80. The molecule has 0 saturated carbocycles. The Morgan fingerprint density at radius 2 is 2.23 bits per heavy atom. The Hall–Kier alpha value is -1.10. The molecule has 0 aliphatic heterocycles. The number of hydrogen-bond donors (Lipinski definition) is 2. The van der Waals surface area contributed by atoms with Crippen LogP contribution in [0.4, 0.5) is 10.1 Å². The van der Waals surface area contributed by atoms with Gasteiger partial charge in [0.1, 0.15) is 5.82 Å². The van der Waals surface area contributed by atoms with Crippen molar-refractivity contribution in [3.63, 3.8) is 0 Å². The molecule has 0 aliphatic rings. The van der Waals surface area contributed by atoms with E-state index in [1.807, 2.05) is 0 Å². The molecule has 2 N–H and O–H groups in total. The fourth-order valence-electron chi connectivity index (χ4n) is 0.746. The molecular formula is C8H8BrFN2O. The second kappa shape index (κ2) is 4.23. The molecule has 70 valence electrons. The molecule has 0 atom stereocenters. The van der Waals surface area contributed by atoms with Crippen molar-refractivity contribution in [3.8, 4) is 0 Å². The van der Waals surface area contributed by atoms with Crippen LogP contribution in [-0.4, -0.2) is 5.91 Å². The highest BCUT2D eigenvalue weighted by molar-refractivity contribution is 9.10. The smallest absolute Gasteiger partial charge is 0.235 e. The lowest BCUT2D eigenvalue weighted by atomic mass is 10.3. The van der Waals surface area contributed by atoms with Gasteiger partial charge in [-0.1, -0.05) is 15.9 Å². The van der Waals surface area contributed by atoms with E-state index in [-0.39, 0.29) is 11.6 Å². The third kappa shape index (κ3) is 3.02. The number of nitrogens with one attached hydrogen (secondary N) is 2. The van der Waals surface area contributed by atoms with Crippen molar-refractivity contribution < 1.29 is 9.18 Å². The van der Waals surface area contributed by atoms with Gasteiger partial charge in [-0.3, -0.25) is 15.6 Å². The van der Waals surface area contributed by atoms with Crippen LogP contribution in [-0.2, 0) is 4.79 Å². The molecule has 1 amide bonds. The summed E-state index contributed by atoms with van der Waals surface area (Å²) in [6.45, 7) is 1.34. The highest BCUT2D eigenvalue weighted by Gasteiger charge is 2.01. The van der Waals surface area contributed by atoms with Gasteiger partial charge in [-0.15, -0.1) is 0 Å². The molecule has 0 bridgehead atoms. The van der Waals surface area contributed by atoms with E-state index >= 15 is 0 Å². The molecule has 13 heavy (non-hydrogen) atoms. The van der Waals surface area contributed by atoms with Crippen molar-refractivity contribution in [1.29, 1.82) is 0 Å². The van der Waals surface area contributed by atoms with Gasteiger partial charge in [-0.25, -0.2) is 4.39 Å². The number of anilines is 1. The van der Waals surface area contributed by atoms with Crippen LogP contribution < -0.4 is 10.9 Å². The lowest BCUT2D eigenvalue weighted by Gasteiger charge is -2.06. The Balaban J connectivity index is 2.72. The highest BCUT2D eigenvalue weighted by atomic mass is 79.9. The first kappa shape index (κ1) is 9.98. The second-order valence-corrected chi connectivity index (χ2v) is 3.35. The highest BCUT2D eigenvalue weighted by Crippen LogP contribution is 2.18. The van der Waals surface area contributed by atoms with Crippen LogP contribution in [0, 0.1) is 5.82 Å². The molecule has 5 heteroatoms. The largest absolute Gasteiger partial charge is 0.296 e. The first-order valence-corrected chi connectivity index (χ1v) is 4.36. The monoisotopic (exact) mass is 246 g/mol. The molecule has 0 aromatic heterocycles. The number of hydrogen-bond acceptors (Lipinski definition) is 2. The topological polar surface area (TPSA) is 41.1 Å². The van der Waals surface area contributed by atoms with Crippen molar-refractivity contribution in [2.24, 2.45) is 0 Å². The summed E-state index contributed by atoms with van der Waals surface area (Å²) < 4.78 is 13.7. The summed E-state index contributed by atoms with van der Waals surface area (Å²) in [7, 11) is 0. The number of amides is 1. The Morgan fingerprint density at radius 1 is 1.54 bits per heavy atom. The zero-order valence-corrected chi connectivity index (χ0v) is 8.48. The summed E-state index contributed by atoms with van der Waals surface area (Å²) in [5, 5.41) is 0. The standard InChI is InChI=1S/C8H8BrFN2O/c1-5(13)11-12-8-3-2-6(9)4-7(8)10/h2-4,12H,1H3,(H,11,13). The Morgan fingerprint density at radius 3 is 2.77 bits per heavy atom. The SMILES string of the molecule is CC(=O)NNc1ccc(Br)cc1F. The van der Waals surface area contributed by atoms with Crippen LogP contribution in [0.25, 0.3) is 0 Å². The van der Waals surface area contributed by atoms with Gasteiger partial charge < -0.3 is 0 Å². The molecule has 3 nitrogen and oxygen atoms in total. The van der Waals surface area contributed by atoms with Gasteiger partial charge in [0.15, 0.2) is 0 Å². The molecule has 0 saturated heterocycles. The van der Waals surface area contributed by atoms with E-state index in [0.29, 0.717) is 4.47 Å². The zero-order chi connectivity index (χ0) is 9.84. The minimum atomic E-state index is -0.428. The first-order chi connectivity index (χ1) is 6.09. The molecule has 0 aliphatic carbocycles. The lowest BCUT2D eigenvalue weighted by molar-refractivity contribution is -0.118. The van der Waals surface area contributed by atoms with Crippen LogP contribution in [0.5, 0.6) is 0 Å². The summed E-state index contributed by atoms with van der Waals surface area (Å²) in [6.07, 6.45) is 0. The van der Waals surface area contributed by atoms with Crippen molar-refractivity contribution in [2.75, 3.05) is 5.43 Å². The van der Waals surface area contributed by atoms with Crippen LogP contribution in [0.15, 0.2) is 22.7 Å². The molecule has 0 fully saturated rings. The summed E-state index contributed by atoms with van der Waals surface area (Å²) >= 11 is 3.12. The van der Waals surface area contributed by atoms with E-state index in [9.17, 15) is 9.18 Å². The van der Waals surface area contributed by atoms with Gasteiger partial charge >= 0.3 is 0 Å². The Kier molecular flexibility index (Phi) is 3.25. The van der Waals surface area contributed by atoms with E-state index in [1.165, 1.54) is 19.1 Å². The Labute approximate surface area is 83.4 Å². The van der Waals surface area contributed by atoms with Crippen LogP contribution >= 0.6 is 15.9 Å². The van der Waals surface area contributed by atoms with E-state index in [4.69, 9.17) is 0 Å². The Bertz CT molecular complexity index is 330. The number of benzene rings is 1. The fraction of sp³-hybridized carbons (Fsp3) is 0.125. The number of hydrazine groups is 1. The molecule has 0 spiro atoms. The summed E-state index contributed by atoms with van der Waals surface area (Å²) in [5.74, 6) is -0.703. The molecule has 1 rings (SSSR count). The maximum atomic E-state index is 13.1. The summed E-state index contributed by atoms with van der Waals surface area (Å²) in [6, 6.07) is 4.51. The van der Waals surface area contributed by atoms with E-state index in [2.05, 4.69) is 26.8 Å². The van der Waals surface area contributed by atoms with Crippen LogP contribution in [0.3, 0.4) is 0 Å². The summed E-state index contributed by atoms with van der Waals surface area (Å²) in [5.41, 5.74) is 4.96. The minimum Gasteiger partial charge on any atom is -0.296 e. The predicted molar refractivity (Wildman–Crippen MR) is 51.5 cm³/mol. The predicted octanol–water partition coefficient (Wildman–Crippen LogP) is 2.05. The van der Waals surface area contributed by atoms with Crippen LogP contribution in [0.2, 0.25) is 0 Å². The molecule has 1 aromatic carbocycles. The van der Waals surface area contributed by atoms with E-state index in [1.54, 1.807) is 6.07 Å². The van der Waals surface area contributed by atoms with Gasteiger partial charge in [0.2, 0.25) is 5.91 Å². The van der Waals surface area contributed by atoms with E-state index in [0.717, 1.165) is 0 Å². The maximum Gasteiger partial charge on any atom is 0.235 e.